The number of thioether (sulfide) groups is 1. The topological polar surface area (TPSA) is 151 Å². The van der Waals surface area contributed by atoms with Crippen LogP contribution in [-0.4, -0.2) is 67.6 Å². The molecule has 0 atom stereocenters. The number of fused-ring (bicyclic) bond motifs is 3. The maximum absolute atomic E-state index is 5.42. The Morgan fingerprint density at radius 2 is 0.782 bits per heavy atom. The van der Waals surface area contributed by atoms with Crippen molar-refractivity contribution in [2.24, 2.45) is 0 Å². The molecule has 0 N–H and O–H groups in total. The molecule has 87 heavy (non-hydrogen) atoms. The van der Waals surface area contributed by atoms with E-state index in [1.165, 1.54) is 77.1 Å². The van der Waals surface area contributed by atoms with E-state index in [4.69, 9.17) is 4.74 Å². The second kappa shape index (κ2) is 85.1. The summed E-state index contributed by atoms with van der Waals surface area (Å²) in [6.45, 7) is 54.5. The van der Waals surface area contributed by atoms with Crippen molar-refractivity contribution >= 4 is 22.5 Å². The van der Waals surface area contributed by atoms with Crippen LogP contribution in [0.25, 0.3) is 10.8 Å². The third kappa shape index (κ3) is 61.5. The van der Waals surface area contributed by atoms with Crippen LogP contribution in [0.5, 0.6) is 5.75 Å². The van der Waals surface area contributed by atoms with Gasteiger partial charge in [0, 0.05) is 35.4 Å². The summed E-state index contributed by atoms with van der Waals surface area (Å²) in [6, 6.07) is 41.4. The van der Waals surface area contributed by atoms with Crippen molar-refractivity contribution in [1.82, 2.24) is 55.3 Å². The monoisotopic (exact) mass is 1210 g/mol. The molecular weight excluding hydrogens is 1090 g/mol. The Kier molecular flexibility index (Phi) is 93.8. The van der Waals surface area contributed by atoms with Crippen molar-refractivity contribution in [2.75, 3.05) is 12.4 Å². The molecule has 0 unspecified atom stereocenters. The van der Waals surface area contributed by atoms with Gasteiger partial charge in [0.15, 0.2) is 0 Å². The first-order valence-electron chi connectivity index (χ1n) is 32.2. The molecule has 486 valence electrons. The number of hydrogen-bond acceptors (Lipinski definition) is 13. The number of pyridine rings is 1. The molecule has 0 radical (unpaired) electrons. The zero-order chi connectivity index (χ0) is 68.0. The van der Waals surface area contributed by atoms with Crippen LogP contribution in [0.4, 0.5) is 0 Å². The highest BCUT2D eigenvalue weighted by molar-refractivity contribution is 7.99. The van der Waals surface area contributed by atoms with Crippen LogP contribution in [0.15, 0.2) is 189 Å². The second-order valence-corrected chi connectivity index (χ2v) is 15.3. The van der Waals surface area contributed by atoms with E-state index < -0.39 is 0 Å². The fourth-order valence-corrected chi connectivity index (χ4v) is 6.50. The third-order valence-corrected chi connectivity index (χ3v) is 10.1. The van der Waals surface area contributed by atoms with Crippen molar-refractivity contribution in [2.45, 2.75) is 218 Å². The SMILES string of the molecule is CC.CC.CC.CC.CC.CC.CC.CC.CC.CC.CC.Cc1ccncc1.Cc1ccncn1.Cc1ccnnc1.Cc1cnncn1.Cc1ncncn1.c1ccc2c(c1)CCCO2.c1ccc2c(c1)CCCS2.c1ccc2ccccc2c1. The summed E-state index contributed by atoms with van der Waals surface area (Å²) in [4.78, 5) is 27.9. The van der Waals surface area contributed by atoms with Gasteiger partial charge in [0.1, 0.15) is 36.9 Å². The quantitative estimate of drug-likeness (QED) is 0.142. The first kappa shape index (κ1) is 95.9. The first-order chi connectivity index (χ1) is 42.9. The van der Waals surface area contributed by atoms with Crippen molar-refractivity contribution in [3.63, 3.8) is 0 Å². The minimum Gasteiger partial charge on any atom is -0.493 e. The molecule has 0 fully saturated rings. The van der Waals surface area contributed by atoms with Crippen LogP contribution in [0.3, 0.4) is 0 Å². The number of hydrogen-bond donors (Lipinski definition) is 0. The summed E-state index contributed by atoms with van der Waals surface area (Å²) in [5.41, 5.74) is 7.21. The van der Waals surface area contributed by atoms with E-state index in [-0.39, 0.29) is 0 Å². The largest absolute Gasteiger partial charge is 0.493 e. The van der Waals surface area contributed by atoms with Gasteiger partial charge in [-0.3, -0.25) is 4.98 Å². The van der Waals surface area contributed by atoms with Gasteiger partial charge in [0.25, 0.3) is 0 Å². The highest BCUT2D eigenvalue weighted by Crippen LogP contribution is 2.29. The first-order valence-corrected chi connectivity index (χ1v) is 33.2. The molecule has 0 saturated heterocycles. The van der Waals surface area contributed by atoms with E-state index in [0.29, 0.717) is 0 Å². The van der Waals surface area contributed by atoms with Crippen molar-refractivity contribution < 1.29 is 4.74 Å². The van der Waals surface area contributed by atoms with E-state index in [1.807, 2.05) is 235 Å². The maximum atomic E-state index is 5.42. The second-order valence-electron chi connectivity index (χ2n) is 14.2. The van der Waals surface area contributed by atoms with Gasteiger partial charge in [0.05, 0.1) is 24.7 Å². The standard InChI is InChI=1S/C10H8.C9H10O.C9H10S.C6H7N.2C5H6N2.2C4H5N3.11C2H6/c1-2-6-10-8-4-3-7-9(10)5-1;2*1-2-6-9-8(4-1)5-3-7-10-9;1-6-2-4-7-5-3-6;1-5-2-3-6-4-7-5;1-5-2-3-6-7-4-5;1-4-6-2-5-3-7-4;1-4-2-6-7-3-5-4;11*1-2/h1-8H;2*1-2,4,6H,3,5,7H2;2-5H,1H3;2*2-4H,1H3;2*2-3H,1H3;11*1-2H3. The lowest BCUT2D eigenvalue weighted by Gasteiger charge is -2.15. The van der Waals surface area contributed by atoms with Gasteiger partial charge in [-0.05, 0) is 135 Å². The van der Waals surface area contributed by atoms with Crippen molar-refractivity contribution in [1.29, 1.82) is 0 Å². The summed E-state index contributed by atoms with van der Waals surface area (Å²) in [7, 11) is 0. The lowest BCUT2D eigenvalue weighted by molar-refractivity contribution is 0.288. The maximum Gasteiger partial charge on any atom is 0.138 e. The summed E-state index contributed by atoms with van der Waals surface area (Å²) in [5, 5.41) is 16.9. The average molecular weight is 1210 g/mol. The number of para-hydroxylation sites is 1. The van der Waals surface area contributed by atoms with E-state index in [0.717, 1.165) is 41.6 Å². The molecule has 4 aromatic carbocycles. The Balaban J connectivity index is -0.000000131. The molecule has 13 heteroatoms. The molecule has 0 spiro atoms. The van der Waals surface area contributed by atoms with Gasteiger partial charge >= 0.3 is 0 Å². The number of ether oxygens (including phenoxy) is 1. The highest BCUT2D eigenvalue weighted by atomic mass is 32.2. The highest BCUT2D eigenvalue weighted by Gasteiger charge is 2.07. The van der Waals surface area contributed by atoms with Crippen molar-refractivity contribution in [3.05, 3.63) is 223 Å². The molecule has 2 aliphatic rings. The minimum atomic E-state index is 0.759. The van der Waals surface area contributed by atoms with E-state index in [9.17, 15) is 0 Å². The molecular formula is C74H123N11OS. The van der Waals surface area contributed by atoms with Crippen LogP contribution >= 0.6 is 11.8 Å². The molecule has 0 saturated carbocycles. The van der Waals surface area contributed by atoms with Gasteiger partial charge in [-0.2, -0.15) is 15.3 Å². The fourth-order valence-electron chi connectivity index (χ4n) is 5.46. The molecule has 12 nitrogen and oxygen atoms in total. The lowest BCUT2D eigenvalue weighted by Crippen LogP contribution is -2.07. The Labute approximate surface area is 538 Å². The number of benzene rings is 4. The predicted molar refractivity (Wildman–Crippen MR) is 386 cm³/mol. The molecule has 5 aromatic heterocycles. The zero-order valence-corrected chi connectivity index (χ0v) is 60.6. The number of rotatable bonds is 0. The summed E-state index contributed by atoms with van der Waals surface area (Å²) < 4.78 is 5.42. The normalized spacial score (nSPS) is 9.09. The molecule has 0 bridgehead atoms. The molecule has 0 amide bonds. The predicted octanol–water partition coefficient (Wildman–Crippen LogP) is 22.2. The van der Waals surface area contributed by atoms with Gasteiger partial charge in [-0.1, -0.05) is 237 Å². The molecule has 9 aromatic rings. The summed E-state index contributed by atoms with van der Waals surface area (Å²) >= 11 is 1.99. The van der Waals surface area contributed by atoms with Crippen LogP contribution < -0.4 is 4.74 Å². The zero-order valence-electron chi connectivity index (χ0n) is 59.8. The van der Waals surface area contributed by atoms with Crippen LogP contribution in [0.2, 0.25) is 0 Å². The van der Waals surface area contributed by atoms with Gasteiger partial charge in [0.2, 0.25) is 0 Å². The summed E-state index contributed by atoms with van der Waals surface area (Å²) in [6.07, 6.45) is 21.2. The molecule has 11 rings (SSSR count). The number of aromatic nitrogens is 11. The molecule has 7 heterocycles. The van der Waals surface area contributed by atoms with E-state index in [2.05, 4.69) is 140 Å². The third-order valence-electron chi connectivity index (χ3n) is 8.86. The summed E-state index contributed by atoms with van der Waals surface area (Å²) in [5.74, 6) is 3.14. The Bertz CT molecular complexity index is 2180. The van der Waals surface area contributed by atoms with Gasteiger partial charge in [-0.15, -0.1) is 16.9 Å². The minimum absolute atomic E-state index is 0.759. The smallest absolute Gasteiger partial charge is 0.138 e. The Hall–Kier alpha value is -7.38. The number of aryl methyl sites for hydroxylation is 7. The van der Waals surface area contributed by atoms with Gasteiger partial charge < -0.3 is 4.74 Å². The molecule has 0 aliphatic carbocycles. The molecule has 2 aliphatic heterocycles. The van der Waals surface area contributed by atoms with Crippen LogP contribution in [0.1, 0.15) is 205 Å². The van der Waals surface area contributed by atoms with E-state index in [1.54, 1.807) is 42.7 Å². The Morgan fingerprint density at radius 1 is 0.345 bits per heavy atom. The van der Waals surface area contributed by atoms with Crippen LogP contribution in [-0.2, 0) is 12.8 Å². The van der Waals surface area contributed by atoms with E-state index >= 15 is 0 Å². The number of nitrogens with zero attached hydrogens (tertiary/aromatic N) is 11. The van der Waals surface area contributed by atoms with Gasteiger partial charge in [-0.25, -0.2) is 29.9 Å². The lowest BCUT2D eigenvalue weighted by atomic mass is 10.1. The van der Waals surface area contributed by atoms with Crippen molar-refractivity contribution in [3.8, 4) is 5.75 Å². The average Bonchev–Trinajstić information content (AvgIpc) is 3.81. The van der Waals surface area contributed by atoms with Crippen LogP contribution in [0, 0.1) is 34.6 Å². The fraction of sp³-hybridized carbons (Fsp3) is 0.446. The Morgan fingerprint density at radius 3 is 1.13 bits per heavy atom.